The average molecular weight is 312 g/mol. The van der Waals surface area contributed by atoms with Crippen molar-refractivity contribution >= 4 is 35.0 Å². The molecule has 0 aliphatic rings. The summed E-state index contributed by atoms with van der Waals surface area (Å²) < 4.78 is 0. The van der Waals surface area contributed by atoms with E-state index in [-0.39, 0.29) is 0 Å². The number of rotatable bonds is 5. The van der Waals surface area contributed by atoms with E-state index in [1.165, 1.54) is 10.5 Å². The quantitative estimate of drug-likeness (QED) is 0.804. The maximum Gasteiger partial charge on any atom is 0.0446 e. The fraction of sp³-hybridized carbons (Fsp3) is 0.200. The largest absolute Gasteiger partial charge is 0.330 e. The zero-order valence-electron chi connectivity index (χ0n) is 10.4. The number of thioether (sulfide) groups is 1. The van der Waals surface area contributed by atoms with Crippen molar-refractivity contribution in [3.63, 3.8) is 0 Å². The molecule has 2 rings (SSSR count). The Morgan fingerprint density at radius 1 is 1.00 bits per heavy atom. The lowest BCUT2D eigenvalue weighted by molar-refractivity contribution is 0.944. The van der Waals surface area contributed by atoms with E-state index in [1.54, 1.807) is 11.8 Å². The maximum absolute atomic E-state index is 6.16. The Morgan fingerprint density at radius 2 is 1.79 bits per heavy atom. The summed E-state index contributed by atoms with van der Waals surface area (Å²) in [5, 5.41) is 1.56. The molecule has 2 aromatic carbocycles. The summed E-state index contributed by atoms with van der Waals surface area (Å²) in [4.78, 5) is 1.22. The van der Waals surface area contributed by atoms with Crippen LogP contribution in [0.15, 0.2) is 47.4 Å². The highest BCUT2D eigenvalue weighted by Crippen LogP contribution is 2.30. The fourth-order valence-corrected chi connectivity index (χ4v) is 3.36. The van der Waals surface area contributed by atoms with Gasteiger partial charge in [-0.1, -0.05) is 41.4 Å². The minimum absolute atomic E-state index is 0.625. The Hall–Kier alpha value is -0.670. The molecule has 4 heteroatoms. The summed E-state index contributed by atoms with van der Waals surface area (Å²) in [6.07, 6.45) is 0.839. The summed E-state index contributed by atoms with van der Waals surface area (Å²) >= 11 is 14.0. The molecule has 0 unspecified atom stereocenters. The van der Waals surface area contributed by atoms with Crippen LogP contribution in [0.4, 0.5) is 0 Å². The van der Waals surface area contributed by atoms with Crippen LogP contribution in [0.5, 0.6) is 0 Å². The molecule has 0 aliphatic heterocycles. The number of benzene rings is 2. The van der Waals surface area contributed by atoms with E-state index in [2.05, 4.69) is 6.07 Å². The van der Waals surface area contributed by atoms with Crippen LogP contribution in [-0.2, 0) is 12.2 Å². The van der Waals surface area contributed by atoms with Crippen molar-refractivity contribution in [3.05, 3.63) is 63.6 Å². The van der Waals surface area contributed by atoms with Gasteiger partial charge in [0.15, 0.2) is 0 Å². The van der Waals surface area contributed by atoms with E-state index in [1.807, 2.05) is 36.4 Å². The highest BCUT2D eigenvalue weighted by atomic mass is 35.5. The summed E-state index contributed by atoms with van der Waals surface area (Å²) in [7, 11) is 0. The molecular weight excluding hydrogens is 297 g/mol. The van der Waals surface area contributed by atoms with Gasteiger partial charge in [0.05, 0.1) is 0 Å². The minimum atomic E-state index is 0.625. The zero-order chi connectivity index (χ0) is 13.7. The third-order valence-electron chi connectivity index (χ3n) is 2.78. The van der Waals surface area contributed by atoms with Gasteiger partial charge in [-0.3, -0.25) is 0 Å². The lowest BCUT2D eigenvalue weighted by Gasteiger charge is -2.09. The zero-order valence-corrected chi connectivity index (χ0v) is 12.7. The topological polar surface area (TPSA) is 26.0 Å². The summed E-state index contributed by atoms with van der Waals surface area (Å²) in [5.74, 6) is 0.846. The molecule has 0 atom stereocenters. The molecule has 19 heavy (non-hydrogen) atoms. The highest BCUT2D eigenvalue weighted by Gasteiger charge is 2.06. The van der Waals surface area contributed by atoms with Crippen molar-refractivity contribution in [2.45, 2.75) is 17.1 Å². The number of nitrogens with two attached hydrogens (primary N) is 1. The highest BCUT2D eigenvalue weighted by molar-refractivity contribution is 7.98. The fourth-order valence-electron chi connectivity index (χ4n) is 1.81. The monoisotopic (exact) mass is 311 g/mol. The van der Waals surface area contributed by atoms with Crippen molar-refractivity contribution in [1.82, 2.24) is 0 Å². The molecule has 0 heterocycles. The number of hydrogen-bond acceptors (Lipinski definition) is 2. The number of halogens is 2. The van der Waals surface area contributed by atoms with Crippen molar-refractivity contribution in [1.29, 1.82) is 0 Å². The third kappa shape index (κ3) is 4.15. The van der Waals surface area contributed by atoms with E-state index in [9.17, 15) is 0 Å². The molecule has 0 bridgehead atoms. The van der Waals surface area contributed by atoms with Gasteiger partial charge in [0.2, 0.25) is 0 Å². The van der Waals surface area contributed by atoms with Crippen molar-refractivity contribution in [2.75, 3.05) is 6.54 Å². The van der Waals surface area contributed by atoms with Crippen LogP contribution in [0.3, 0.4) is 0 Å². The molecular formula is C15H15Cl2NS. The first-order valence-corrected chi connectivity index (χ1v) is 7.79. The van der Waals surface area contributed by atoms with Gasteiger partial charge in [0, 0.05) is 20.7 Å². The van der Waals surface area contributed by atoms with Crippen LogP contribution in [0.2, 0.25) is 10.0 Å². The Labute approximate surface area is 128 Å². The Bertz CT molecular complexity index is 558. The minimum Gasteiger partial charge on any atom is -0.330 e. The molecule has 0 fully saturated rings. The van der Waals surface area contributed by atoms with Gasteiger partial charge in [-0.15, -0.1) is 11.8 Å². The number of hydrogen-bond donors (Lipinski definition) is 1. The predicted molar refractivity (Wildman–Crippen MR) is 85.2 cm³/mol. The van der Waals surface area contributed by atoms with Crippen LogP contribution >= 0.6 is 35.0 Å². The van der Waals surface area contributed by atoms with Crippen molar-refractivity contribution in [2.24, 2.45) is 5.73 Å². The van der Waals surface area contributed by atoms with E-state index in [0.717, 1.165) is 27.8 Å². The lowest BCUT2D eigenvalue weighted by atomic mass is 10.1. The van der Waals surface area contributed by atoms with Gasteiger partial charge in [0.1, 0.15) is 0 Å². The van der Waals surface area contributed by atoms with Crippen LogP contribution in [0, 0.1) is 0 Å². The van der Waals surface area contributed by atoms with E-state index < -0.39 is 0 Å². The first-order chi connectivity index (χ1) is 9.20. The van der Waals surface area contributed by atoms with Crippen LogP contribution in [-0.4, -0.2) is 6.54 Å². The SMILES string of the molecule is NCCc1cc(Cl)ccc1SCc1ccccc1Cl. The Kier molecular flexibility index (Phi) is 5.59. The average Bonchev–Trinajstić information content (AvgIpc) is 2.40. The predicted octanol–water partition coefficient (Wildman–Crippen LogP) is 4.79. The van der Waals surface area contributed by atoms with Crippen LogP contribution in [0.1, 0.15) is 11.1 Å². The van der Waals surface area contributed by atoms with Gasteiger partial charge < -0.3 is 5.73 Å². The normalized spacial score (nSPS) is 10.7. The first kappa shape index (κ1) is 14.7. The van der Waals surface area contributed by atoms with Crippen molar-refractivity contribution < 1.29 is 0 Å². The molecule has 0 saturated carbocycles. The smallest absolute Gasteiger partial charge is 0.0446 e. The van der Waals surface area contributed by atoms with Crippen molar-refractivity contribution in [3.8, 4) is 0 Å². The first-order valence-electron chi connectivity index (χ1n) is 6.05. The van der Waals surface area contributed by atoms with Crippen LogP contribution in [0.25, 0.3) is 0 Å². The second-order valence-corrected chi connectivity index (χ2v) is 6.03. The third-order valence-corrected chi connectivity index (χ3v) is 4.55. The Morgan fingerprint density at radius 3 is 2.53 bits per heavy atom. The van der Waals surface area contributed by atoms with Gasteiger partial charge in [0.25, 0.3) is 0 Å². The molecule has 2 N–H and O–H groups in total. The maximum atomic E-state index is 6.16. The van der Waals surface area contributed by atoms with Gasteiger partial charge in [-0.2, -0.15) is 0 Å². The molecule has 0 amide bonds. The lowest BCUT2D eigenvalue weighted by Crippen LogP contribution is -2.03. The van der Waals surface area contributed by atoms with E-state index >= 15 is 0 Å². The molecule has 0 aromatic heterocycles. The Balaban J connectivity index is 2.13. The molecule has 100 valence electrons. The second-order valence-electron chi connectivity index (χ2n) is 4.17. The van der Waals surface area contributed by atoms with Gasteiger partial charge in [-0.05, 0) is 48.4 Å². The molecule has 0 aliphatic carbocycles. The molecule has 2 aromatic rings. The second kappa shape index (κ2) is 7.20. The molecule has 1 nitrogen and oxygen atoms in total. The van der Waals surface area contributed by atoms with Crippen LogP contribution < -0.4 is 5.73 Å². The van der Waals surface area contributed by atoms with E-state index in [4.69, 9.17) is 28.9 Å². The summed E-state index contributed by atoms with van der Waals surface area (Å²) in [5.41, 5.74) is 7.98. The van der Waals surface area contributed by atoms with Gasteiger partial charge in [-0.25, -0.2) is 0 Å². The molecule has 0 spiro atoms. The summed E-state index contributed by atoms with van der Waals surface area (Å²) in [6, 6.07) is 13.9. The molecule has 0 saturated heterocycles. The standard InChI is InChI=1S/C15H15Cl2NS/c16-13-5-6-15(11(9-13)7-8-18)19-10-12-3-1-2-4-14(12)17/h1-6,9H,7-8,10,18H2. The van der Waals surface area contributed by atoms with E-state index in [0.29, 0.717) is 6.54 Å². The van der Waals surface area contributed by atoms with Gasteiger partial charge >= 0.3 is 0 Å². The molecule has 0 radical (unpaired) electrons. The summed E-state index contributed by atoms with van der Waals surface area (Å²) in [6.45, 7) is 0.625.